The zero-order chi connectivity index (χ0) is 23.5. The van der Waals surface area contributed by atoms with Gasteiger partial charge in [-0.2, -0.15) is 0 Å². The molecule has 2 aliphatic heterocycles. The maximum absolute atomic E-state index is 12.2. The molecule has 1 fully saturated rings. The Labute approximate surface area is 209 Å². The molecule has 34 heavy (non-hydrogen) atoms. The van der Waals surface area contributed by atoms with E-state index in [2.05, 4.69) is 63.3 Å². The molecule has 3 aromatic carbocycles. The molecule has 0 aromatic heterocycles. The summed E-state index contributed by atoms with van der Waals surface area (Å²) in [5.74, 6) is 0.955. The van der Waals surface area contributed by atoms with Crippen molar-refractivity contribution in [1.82, 2.24) is 4.90 Å². The number of hydrogen-bond acceptors (Lipinski definition) is 4. The Hall–Kier alpha value is -2.83. The predicted molar refractivity (Wildman–Crippen MR) is 137 cm³/mol. The van der Waals surface area contributed by atoms with Crippen molar-refractivity contribution in [2.24, 2.45) is 0 Å². The molecule has 0 saturated carbocycles. The Kier molecular flexibility index (Phi) is 6.88. The number of halogens is 1. The van der Waals surface area contributed by atoms with Crippen molar-refractivity contribution < 1.29 is 14.3 Å². The van der Waals surface area contributed by atoms with Crippen LogP contribution in [-0.4, -0.2) is 43.1 Å². The van der Waals surface area contributed by atoms with E-state index in [1.807, 2.05) is 35.2 Å². The fraction of sp³-hybridized carbons (Fsp3) is 0.321. The van der Waals surface area contributed by atoms with Gasteiger partial charge in [0.05, 0.1) is 12.6 Å². The molecule has 0 bridgehead atoms. The highest BCUT2D eigenvalue weighted by Gasteiger charge is 2.38. The average molecular weight is 521 g/mol. The highest BCUT2D eigenvalue weighted by Crippen LogP contribution is 2.37. The summed E-state index contributed by atoms with van der Waals surface area (Å²) in [6.45, 7) is 4.99. The molecule has 2 atom stereocenters. The minimum atomic E-state index is -0.0898. The number of anilines is 1. The van der Waals surface area contributed by atoms with Crippen molar-refractivity contribution in [3.63, 3.8) is 0 Å². The van der Waals surface area contributed by atoms with E-state index in [0.29, 0.717) is 26.3 Å². The molecule has 2 aliphatic rings. The summed E-state index contributed by atoms with van der Waals surface area (Å²) >= 11 is 3.60. The average Bonchev–Trinajstić information content (AvgIpc) is 2.87. The summed E-state index contributed by atoms with van der Waals surface area (Å²) in [5, 5.41) is 0. The maximum Gasteiger partial charge on any atom is 0.219 e. The van der Waals surface area contributed by atoms with Crippen LogP contribution in [-0.2, 0) is 22.6 Å². The topological polar surface area (TPSA) is 42.0 Å². The number of nitrogens with zero attached hydrogens (tertiary/aromatic N) is 2. The van der Waals surface area contributed by atoms with E-state index in [-0.39, 0.29) is 18.1 Å². The Morgan fingerprint density at radius 3 is 2.62 bits per heavy atom. The zero-order valence-corrected chi connectivity index (χ0v) is 20.9. The smallest absolute Gasteiger partial charge is 0.219 e. The van der Waals surface area contributed by atoms with Crippen molar-refractivity contribution >= 4 is 27.5 Å². The van der Waals surface area contributed by atoms with Crippen molar-refractivity contribution in [1.29, 1.82) is 0 Å². The summed E-state index contributed by atoms with van der Waals surface area (Å²) in [5.41, 5.74) is 4.80. The molecule has 3 aromatic rings. The molecule has 0 spiro atoms. The number of hydrogen-bond donors (Lipinski definition) is 0. The van der Waals surface area contributed by atoms with Crippen LogP contribution < -0.4 is 9.64 Å². The molecule has 0 N–H and O–H groups in total. The lowest BCUT2D eigenvalue weighted by Crippen LogP contribution is -2.57. The summed E-state index contributed by atoms with van der Waals surface area (Å²) in [6, 6.07) is 24.9. The largest absolute Gasteiger partial charge is 0.489 e. The third kappa shape index (κ3) is 4.98. The number of fused-ring (bicyclic) bond motifs is 1. The second-order valence-corrected chi connectivity index (χ2v) is 9.79. The van der Waals surface area contributed by atoms with E-state index >= 15 is 0 Å². The van der Waals surface area contributed by atoms with Gasteiger partial charge in [0, 0.05) is 36.7 Å². The van der Waals surface area contributed by atoms with E-state index in [1.54, 1.807) is 6.92 Å². The Morgan fingerprint density at radius 1 is 1.06 bits per heavy atom. The number of benzene rings is 3. The monoisotopic (exact) mass is 520 g/mol. The molecular weight excluding hydrogens is 492 g/mol. The number of ether oxygens (including phenoxy) is 2. The molecule has 0 radical (unpaired) electrons. The maximum atomic E-state index is 12.2. The highest BCUT2D eigenvalue weighted by molar-refractivity contribution is 9.10. The van der Waals surface area contributed by atoms with Crippen LogP contribution in [0.4, 0.5) is 5.69 Å². The summed E-state index contributed by atoms with van der Waals surface area (Å²) in [4.78, 5) is 16.6. The first-order valence-corrected chi connectivity index (χ1v) is 12.6. The molecule has 1 saturated heterocycles. The summed E-state index contributed by atoms with van der Waals surface area (Å²) in [6.07, 6.45) is 0.815. The van der Waals surface area contributed by atoms with E-state index in [4.69, 9.17) is 9.47 Å². The lowest BCUT2D eigenvalue weighted by Gasteiger charge is -2.47. The lowest BCUT2D eigenvalue weighted by molar-refractivity contribution is -0.130. The minimum Gasteiger partial charge on any atom is -0.489 e. The molecule has 1 amide bonds. The minimum absolute atomic E-state index is 0.0361. The number of carbonyl (C=O) groups excluding carboxylic acids is 1. The first kappa shape index (κ1) is 22.9. The van der Waals surface area contributed by atoms with Gasteiger partial charge in [-0.3, -0.25) is 4.79 Å². The molecular formula is C28H29BrN2O3. The third-order valence-electron chi connectivity index (χ3n) is 6.71. The van der Waals surface area contributed by atoms with Crippen LogP contribution in [0.2, 0.25) is 0 Å². The zero-order valence-electron chi connectivity index (χ0n) is 19.3. The molecule has 2 unspecified atom stereocenters. The van der Waals surface area contributed by atoms with Gasteiger partial charge in [-0.1, -0.05) is 52.3 Å². The van der Waals surface area contributed by atoms with Crippen LogP contribution in [0.1, 0.15) is 29.7 Å². The predicted octanol–water partition coefficient (Wildman–Crippen LogP) is 5.38. The second kappa shape index (κ2) is 10.2. The SMILES string of the molecule is CC(=O)N1CCN(c2ccc(OCc3ccccc3)cc2)C(C2OCCc3cc(Br)ccc32)C1. The van der Waals surface area contributed by atoms with Crippen LogP contribution >= 0.6 is 15.9 Å². The Bertz CT molecular complexity index is 1140. The summed E-state index contributed by atoms with van der Waals surface area (Å²) < 4.78 is 13.4. The van der Waals surface area contributed by atoms with Crippen LogP contribution in [0.25, 0.3) is 0 Å². The number of piperazine rings is 1. The van der Waals surface area contributed by atoms with Gasteiger partial charge in [-0.25, -0.2) is 0 Å². The van der Waals surface area contributed by atoms with Gasteiger partial charge in [0.25, 0.3) is 0 Å². The lowest BCUT2D eigenvalue weighted by atomic mass is 9.91. The second-order valence-electron chi connectivity index (χ2n) is 8.88. The third-order valence-corrected chi connectivity index (χ3v) is 7.20. The van der Waals surface area contributed by atoms with Gasteiger partial charge < -0.3 is 19.3 Å². The quantitative estimate of drug-likeness (QED) is 0.452. The van der Waals surface area contributed by atoms with Crippen LogP contribution in [0.5, 0.6) is 5.75 Å². The van der Waals surface area contributed by atoms with E-state index in [9.17, 15) is 4.79 Å². The normalized spacial score (nSPS) is 20.1. The van der Waals surface area contributed by atoms with Crippen molar-refractivity contribution in [3.8, 4) is 5.75 Å². The molecule has 2 heterocycles. The molecule has 176 valence electrons. The van der Waals surface area contributed by atoms with E-state index < -0.39 is 0 Å². The van der Waals surface area contributed by atoms with Gasteiger partial charge in [-0.05, 0) is 59.5 Å². The molecule has 0 aliphatic carbocycles. The Balaban J connectivity index is 1.38. The van der Waals surface area contributed by atoms with E-state index in [1.165, 1.54) is 11.1 Å². The van der Waals surface area contributed by atoms with Crippen LogP contribution in [0.3, 0.4) is 0 Å². The summed E-state index contributed by atoms with van der Waals surface area (Å²) in [7, 11) is 0. The van der Waals surface area contributed by atoms with Gasteiger partial charge in [0.1, 0.15) is 18.5 Å². The van der Waals surface area contributed by atoms with E-state index in [0.717, 1.165) is 34.4 Å². The number of amides is 1. The van der Waals surface area contributed by atoms with Crippen molar-refractivity contribution in [2.75, 3.05) is 31.1 Å². The number of rotatable bonds is 5. The van der Waals surface area contributed by atoms with Crippen molar-refractivity contribution in [2.45, 2.75) is 32.1 Å². The molecule has 5 nitrogen and oxygen atoms in total. The first-order valence-electron chi connectivity index (χ1n) is 11.8. The fourth-order valence-electron chi connectivity index (χ4n) is 4.92. The fourth-order valence-corrected chi connectivity index (χ4v) is 5.33. The van der Waals surface area contributed by atoms with Gasteiger partial charge in [0.15, 0.2) is 0 Å². The first-order chi connectivity index (χ1) is 16.6. The van der Waals surface area contributed by atoms with Gasteiger partial charge >= 0.3 is 0 Å². The van der Waals surface area contributed by atoms with Gasteiger partial charge in [0.2, 0.25) is 5.91 Å². The standard InChI is InChI=1S/C28H29BrN2O3/c1-20(32)30-14-15-31(24-8-10-25(11-9-24)34-19-21-5-3-2-4-6-21)27(18-30)28-26-12-7-23(29)17-22(26)13-16-33-28/h2-12,17,27-28H,13-16,18-19H2,1H3. The Morgan fingerprint density at radius 2 is 1.85 bits per heavy atom. The highest BCUT2D eigenvalue weighted by atomic mass is 79.9. The molecule has 5 rings (SSSR count). The molecule has 6 heteroatoms. The van der Waals surface area contributed by atoms with Crippen molar-refractivity contribution in [3.05, 3.63) is 94.0 Å². The van der Waals surface area contributed by atoms with Crippen LogP contribution in [0, 0.1) is 0 Å². The van der Waals surface area contributed by atoms with Gasteiger partial charge in [-0.15, -0.1) is 0 Å². The van der Waals surface area contributed by atoms with Crippen LogP contribution in [0.15, 0.2) is 77.3 Å². The number of carbonyl (C=O) groups is 1.